The van der Waals surface area contributed by atoms with Gasteiger partial charge in [-0.15, -0.1) is 0 Å². The largest absolute Gasteiger partial charge is 0.495 e. The number of nitrogens with zero attached hydrogens (tertiary/aromatic N) is 1. The van der Waals surface area contributed by atoms with Gasteiger partial charge in [-0.3, -0.25) is 14.4 Å². The van der Waals surface area contributed by atoms with Crippen molar-refractivity contribution in [3.8, 4) is 5.75 Å². The van der Waals surface area contributed by atoms with Crippen molar-refractivity contribution in [1.29, 1.82) is 0 Å². The fraction of sp³-hybridized carbons (Fsp3) is 0.318. The predicted molar refractivity (Wildman–Crippen MR) is 108 cm³/mol. The molecule has 152 valence electrons. The first-order valence-electron chi connectivity index (χ1n) is 9.28. The molecule has 29 heavy (non-hydrogen) atoms. The molecule has 0 aliphatic carbocycles. The first-order chi connectivity index (χ1) is 13.9. The monoisotopic (exact) mass is 415 g/mol. The van der Waals surface area contributed by atoms with Crippen LogP contribution in [-0.4, -0.2) is 42.8 Å². The number of Topliss-reactive ketones (excluding diaryl/α,β-unsaturated/α-hetero) is 1. The van der Waals surface area contributed by atoms with Gasteiger partial charge in [-0.05, 0) is 30.7 Å². The average Bonchev–Trinajstić information content (AvgIpc) is 3.13. The highest BCUT2D eigenvalue weighted by molar-refractivity contribution is 6.32. The predicted octanol–water partition coefficient (Wildman–Crippen LogP) is 3.68. The highest BCUT2D eigenvalue weighted by Crippen LogP contribution is 2.29. The van der Waals surface area contributed by atoms with Crippen LogP contribution >= 0.6 is 11.6 Å². The molecule has 0 radical (unpaired) electrons. The lowest BCUT2D eigenvalue weighted by molar-refractivity contribution is -0.147. The molecular weight excluding hydrogens is 394 g/mol. The number of esters is 1. The van der Waals surface area contributed by atoms with Crippen molar-refractivity contribution in [2.45, 2.75) is 19.4 Å². The van der Waals surface area contributed by atoms with Crippen LogP contribution in [0.1, 0.15) is 35.3 Å². The molecule has 1 aliphatic heterocycles. The van der Waals surface area contributed by atoms with E-state index in [4.69, 9.17) is 21.1 Å². The molecule has 1 aliphatic rings. The van der Waals surface area contributed by atoms with Gasteiger partial charge in [0.25, 0.3) is 0 Å². The van der Waals surface area contributed by atoms with Crippen molar-refractivity contribution in [3.63, 3.8) is 0 Å². The molecule has 6 nitrogen and oxygen atoms in total. The Morgan fingerprint density at radius 1 is 1.21 bits per heavy atom. The van der Waals surface area contributed by atoms with Crippen LogP contribution in [-0.2, 0) is 14.3 Å². The van der Waals surface area contributed by atoms with Gasteiger partial charge in [-0.25, -0.2) is 0 Å². The Morgan fingerprint density at radius 2 is 1.93 bits per heavy atom. The summed E-state index contributed by atoms with van der Waals surface area (Å²) in [6, 6.07) is 14.1. The second-order valence-corrected chi connectivity index (χ2v) is 7.32. The van der Waals surface area contributed by atoms with E-state index in [1.54, 1.807) is 17.0 Å². The normalized spacial score (nSPS) is 17.1. The van der Waals surface area contributed by atoms with E-state index in [1.165, 1.54) is 13.2 Å². The Bertz CT molecular complexity index is 915. The maximum absolute atomic E-state index is 12.4. The average molecular weight is 416 g/mol. The lowest BCUT2D eigenvalue weighted by atomic mass is 10.1. The Hall–Kier alpha value is -2.86. The van der Waals surface area contributed by atoms with Crippen LogP contribution < -0.4 is 4.74 Å². The zero-order valence-corrected chi connectivity index (χ0v) is 17.0. The molecule has 7 heteroatoms. The second-order valence-electron chi connectivity index (χ2n) is 6.91. The number of halogens is 1. The molecule has 0 unspecified atom stereocenters. The molecule has 0 bridgehead atoms. The van der Waals surface area contributed by atoms with Gasteiger partial charge in [-0.2, -0.15) is 0 Å². The van der Waals surface area contributed by atoms with Crippen LogP contribution in [0, 0.1) is 5.92 Å². The summed E-state index contributed by atoms with van der Waals surface area (Å²) in [5, 5.41) is 0.302. The van der Waals surface area contributed by atoms with Crippen LogP contribution in [0.2, 0.25) is 5.02 Å². The topological polar surface area (TPSA) is 72.9 Å². The molecule has 2 aromatic rings. The van der Waals surface area contributed by atoms with Crippen molar-refractivity contribution < 1.29 is 23.9 Å². The van der Waals surface area contributed by atoms with Crippen molar-refractivity contribution in [1.82, 2.24) is 4.90 Å². The van der Waals surface area contributed by atoms with E-state index in [-0.39, 0.29) is 30.7 Å². The van der Waals surface area contributed by atoms with E-state index in [1.807, 2.05) is 37.3 Å². The van der Waals surface area contributed by atoms with Gasteiger partial charge in [0.15, 0.2) is 12.4 Å². The second kappa shape index (κ2) is 9.09. The molecule has 2 aromatic carbocycles. The molecule has 1 saturated heterocycles. The molecule has 3 rings (SSSR count). The Morgan fingerprint density at radius 3 is 2.59 bits per heavy atom. The van der Waals surface area contributed by atoms with E-state index in [0.717, 1.165) is 5.56 Å². The lowest BCUT2D eigenvalue weighted by Crippen LogP contribution is -2.30. The van der Waals surface area contributed by atoms with Gasteiger partial charge in [0.1, 0.15) is 5.75 Å². The number of hydrogen-bond donors (Lipinski definition) is 0. The highest BCUT2D eigenvalue weighted by atomic mass is 35.5. The molecule has 0 spiro atoms. The summed E-state index contributed by atoms with van der Waals surface area (Å²) in [6.45, 7) is 1.80. The lowest BCUT2D eigenvalue weighted by Gasteiger charge is -2.25. The van der Waals surface area contributed by atoms with Crippen LogP contribution in [0.25, 0.3) is 0 Å². The van der Waals surface area contributed by atoms with Gasteiger partial charge in [0.2, 0.25) is 5.91 Å². The van der Waals surface area contributed by atoms with E-state index in [0.29, 0.717) is 16.3 Å². The number of rotatable bonds is 7. The van der Waals surface area contributed by atoms with Crippen LogP contribution in [0.5, 0.6) is 5.75 Å². The molecule has 1 amide bonds. The minimum absolute atomic E-state index is 0.0819. The van der Waals surface area contributed by atoms with E-state index in [2.05, 4.69) is 0 Å². The van der Waals surface area contributed by atoms with Gasteiger partial charge in [0, 0.05) is 18.5 Å². The molecule has 1 fully saturated rings. The number of methoxy groups -OCH3 is 1. The third kappa shape index (κ3) is 4.77. The van der Waals surface area contributed by atoms with Gasteiger partial charge < -0.3 is 14.4 Å². The Kier molecular flexibility index (Phi) is 6.54. The number of carbonyl (C=O) groups is 3. The van der Waals surface area contributed by atoms with Gasteiger partial charge in [0.05, 0.1) is 24.1 Å². The third-order valence-electron chi connectivity index (χ3n) is 5.06. The zero-order valence-electron chi connectivity index (χ0n) is 16.3. The first kappa shape index (κ1) is 20.9. The van der Waals surface area contributed by atoms with Crippen molar-refractivity contribution >= 4 is 29.3 Å². The number of carbonyl (C=O) groups excluding carboxylic acids is 3. The summed E-state index contributed by atoms with van der Waals surface area (Å²) in [4.78, 5) is 38.7. The van der Waals surface area contributed by atoms with E-state index in [9.17, 15) is 14.4 Å². The SMILES string of the molecule is COc1ccc(C(=O)COC(=O)[C@H]2CC(=O)N([C@@H](C)c3ccccc3)C2)cc1Cl. The number of benzene rings is 2. The molecule has 2 atom stereocenters. The maximum atomic E-state index is 12.4. The fourth-order valence-corrected chi connectivity index (χ4v) is 3.61. The number of ketones is 1. The Balaban J connectivity index is 1.57. The molecule has 1 heterocycles. The van der Waals surface area contributed by atoms with Crippen molar-refractivity contribution in [2.75, 3.05) is 20.3 Å². The number of hydrogen-bond acceptors (Lipinski definition) is 5. The van der Waals surface area contributed by atoms with Crippen LogP contribution in [0.4, 0.5) is 0 Å². The minimum atomic E-state index is -0.582. The quantitative estimate of drug-likeness (QED) is 0.509. The summed E-state index contributed by atoms with van der Waals surface area (Å²) < 4.78 is 10.2. The Labute approximate surface area is 174 Å². The smallest absolute Gasteiger partial charge is 0.311 e. The number of likely N-dealkylation sites (tertiary alicyclic amines) is 1. The number of amides is 1. The van der Waals surface area contributed by atoms with Crippen LogP contribution in [0.15, 0.2) is 48.5 Å². The summed E-state index contributed by atoms with van der Waals surface area (Å²) in [7, 11) is 1.48. The van der Waals surface area contributed by atoms with Gasteiger partial charge in [-0.1, -0.05) is 41.9 Å². The first-order valence-corrected chi connectivity index (χ1v) is 9.66. The highest BCUT2D eigenvalue weighted by Gasteiger charge is 2.38. The van der Waals surface area contributed by atoms with Crippen molar-refractivity contribution in [3.05, 3.63) is 64.7 Å². The summed E-state index contributed by atoms with van der Waals surface area (Å²) in [6.07, 6.45) is 0.0819. The zero-order chi connectivity index (χ0) is 21.0. The molecule has 0 saturated carbocycles. The summed E-state index contributed by atoms with van der Waals surface area (Å²) in [5.74, 6) is -1.15. The maximum Gasteiger partial charge on any atom is 0.311 e. The summed E-state index contributed by atoms with van der Waals surface area (Å²) in [5.41, 5.74) is 1.33. The molecule has 0 aromatic heterocycles. The minimum Gasteiger partial charge on any atom is -0.495 e. The van der Waals surface area contributed by atoms with Crippen LogP contribution in [0.3, 0.4) is 0 Å². The number of ether oxygens (including phenoxy) is 2. The molecule has 0 N–H and O–H groups in total. The van der Waals surface area contributed by atoms with Gasteiger partial charge >= 0.3 is 5.97 Å². The molecular formula is C22H22ClNO5. The summed E-state index contributed by atoms with van der Waals surface area (Å²) >= 11 is 6.02. The van der Waals surface area contributed by atoms with E-state index < -0.39 is 18.5 Å². The van der Waals surface area contributed by atoms with E-state index >= 15 is 0 Å². The standard InChI is InChI=1S/C22H22ClNO5/c1-14(15-6-4-3-5-7-15)24-12-17(11-21(24)26)22(27)29-13-19(25)16-8-9-20(28-2)18(23)10-16/h3-10,14,17H,11-13H2,1-2H3/t14-,17-/m0/s1. The third-order valence-corrected chi connectivity index (χ3v) is 5.36. The fourth-order valence-electron chi connectivity index (χ4n) is 3.35. The van der Waals surface area contributed by atoms with Crippen molar-refractivity contribution in [2.24, 2.45) is 5.92 Å².